The van der Waals surface area contributed by atoms with Gasteiger partial charge in [-0.05, 0) is 5.46 Å². The molecular formula is C36H23B2NO23. The molecule has 0 bridgehead atoms. The minimum Gasteiger partial charge on any atom is -0.505 e. The monoisotopic (exact) mass is 859 g/mol. The lowest BCUT2D eigenvalue weighted by molar-refractivity contribution is 0.324. The van der Waals surface area contributed by atoms with Gasteiger partial charge in [0.15, 0.2) is 80.5 Å². The SMILES string of the molecule is Bc1c(O)c(O)c(O)c2c1c1c(O)c(O)c(O)c(O)c1n2-c1c(O)c(O)c(O)c(O)c1-c1c(O)c2c3c(c1O)Oc1c(O)c(O)c(O)c(O)c1B3c1c(O)c(O)c(O)c(O)c1O2. The second kappa shape index (κ2) is 11.6. The van der Waals surface area contributed by atoms with Crippen molar-refractivity contribution >= 4 is 58.2 Å². The maximum Gasteiger partial charge on any atom is 0.271 e. The molecule has 1 aromatic heterocycles. The molecule has 3 heterocycles. The van der Waals surface area contributed by atoms with E-state index >= 15 is 0 Å². The normalized spacial score (nSPS) is 12.5. The van der Waals surface area contributed by atoms with Crippen LogP contribution in [0.4, 0.5) is 0 Å². The summed E-state index contributed by atoms with van der Waals surface area (Å²) in [5.74, 6) is -34.4. The highest BCUT2D eigenvalue weighted by atomic mass is 16.5. The first kappa shape index (κ1) is 38.2. The Hall–Kier alpha value is -9.35. The number of nitrogens with zero attached hydrogens (tertiary/aromatic N) is 1. The maximum atomic E-state index is 12.2. The van der Waals surface area contributed by atoms with Crippen LogP contribution in [0.15, 0.2) is 0 Å². The molecule has 0 fully saturated rings. The molecule has 6 aromatic carbocycles. The molecule has 316 valence electrons. The average molecular weight is 859 g/mol. The Balaban J connectivity index is 1.52. The number of ether oxygens (including phenoxy) is 2. The minimum absolute atomic E-state index is 0.332. The van der Waals surface area contributed by atoms with E-state index in [1.165, 1.54) is 0 Å². The highest BCUT2D eigenvalue weighted by Crippen LogP contribution is 2.64. The van der Waals surface area contributed by atoms with Crippen molar-refractivity contribution in [1.82, 2.24) is 4.57 Å². The molecule has 2 aliphatic rings. The molecule has 7 aromatic rings. The molecular weight excluding hydrogens is 836 g/mol. The van der Waals surface area contributed by atoms with Crippen LogP contribution in [0.2, 0.25) is 0 Å². The van der Waals surface area contributed by atoms with Crippen LogP contribution in [-0.4, -0.2) is 126 Å². The van der Waals surface area contributed by atoms with E-state index in [9.17, 15) is 107 Å². The standard InChI is InChI=1S/C36H23B2NO23/c37-5-1-2-10(20(48)27(55)22(50)12(2)40)39(9(1)19(47)24(52)16(5)44)11-3(13(41)23(51)28(56)21(11)49)4-14(42)35-8-36(15(4)43)62-34-7(18(46)26(54)30(58)32(34)60)38(8)6-17(45)25(53)29(57)31(59)33(6)61-35/h40-60H,37H2. The lowest BCUT2D eigenvalue weighted by Crippen LogP contribution is -2.57. The molecule has 9 rings (SSSR count). The van der Waals surface area contributed by atoms with Gasteiger partial charge in [0.25, 0.3) is 6.71 Å². The molecule has 2 aliphatic heterocycles. The second-order valence-electron chi connectivity index (χ2n) is 14.0. The van der Waals surface area contributed by atoms with Gasteiger partial charge < -0.3 is 117 Å². The summed E-state index contributed by atoms with van der Waals surface area (Å²) >= 11 is 0. The Morgan fingerprint density at radius 1 is 0.306 bits per heavy atom. The highest BCUT2D eigenvalue weighted by Gasteiger charge is 2.52. The number of phenols is 21. The first-order valence-electron chi connectivity index (χ1n) is 17.0. The fraction of sp³-hybridized carbons (Fsp3) is 0. The number of aromatic hydroxyl groups is 21. The Morgan fingerprint density at radius 2 is 0.661 bits per heavy atom. The predicted molar refractivity (Wildman–Crippen MR) is 207 cm³/mol. The van der Waals surface area contributed by atoms with Crippen LogP contribution in [-0.2, 0) is 0 Å². The van der Waals surface area contributed by atoms with Crippen molar-refractivity contribution < 1.29 is 117 Å². The smallest absolute Gasteiger partial charge is 0.271 e. The summed E-state index contributed by atoms with van der Waals surface area (Å²) in [6.45, 7) is -2.09. The topological polar surface area (TPSA) is 448 Å². The molecule has 0 atom stereocenters. The number of hydrogen-bond acceptors (Lipinski definition) is 23. The molecule has 0 unspecified atom stereocenters. The van der Waals surface area contributed by atoms with Crippen LogP contribution < -0.4 is 31.3 Å². The van der Waals surface area contributed by atoms with Crippen molar-refractivity contribution in [3.05, 3.63) is 0 Å². The lowest BCUT2D eigenvalue weighted by atomic mass is 9.34. The lowest BCUT2D eigenvalue weighted by Gasteiger charge is -2.35. The molecule has 0 saturated heterocycles. The van der Waals surface area contributed by atoms with Gasteiger partial charge in [0.05, 0.1) is 16.5 Å². The molecule has 0 spiro atoms. The number of fused-ring (bicyclic) bond motifs is 7. The van der Waals surface area contributed by atoms with Gasteiger partial charge >= 0.3 is 0 Å². The van der Waals surface area contributed by atoms with Gasteiger partial charge in [-0.25, -0.2) is 0 Å². The molecule has 0 aliphatic carbocycles. The fourth-order valence-corrected chi connectivity index (χ4v) is 8.13. The van der Waals surface area contributed by atoms with Gasteiger partial charge in [-0.15, -0.1) is 0 Å². The summed E-state index contributed by atoms with van der Waals surface area (Å²) in [6, 6.07) is 0. The zero-order valence-electron chi connectivity index (χ0n) is 30.2. The summed E-state index contributed by atoms with van der Waals surface area (Å²) in [5, 5.41) is 231. The number of aromatic nitrogens is 1. The molecule has 26 heteroatoms. The maximum absolute atomic E-state index is 12.2. The number of rotatable bonds is 2. The minimum atomic E-state index is -2.09. The quantitative estimate of drug-likeness (QED) is 0.0578. The van der Waals surface area contributed by atoms with Gasteiger partial charge in [0, 0.05) is 21.8 Å². The molecule has 24 nitrogen and oxygen atoms in total. The van der Waals surface area contributed by atoms with E-state index in [-0.39, 0.29) is 0 Å². The summed E-state index contributed by atoms with van der Waals surface area (Å²) in [7, 11) is 1.07. The van der Waals surface area contributed by atoms with Gasteiger partial charge in [0.1, 0.15) is 24.6 Å². The van der Waals surface area contributed by atoms with Gasteiger partial charge in [-0.3, -0.25) is 4.57 Å². The van der Waals surface area contributed by atoms with Crippen LogP contribution in [0.3, 0.4) is 0 Å². The third kappa shape index (κ3) is 4.09. The number of phenolic OH excluding ortho intramolecular Hbond substituents is 21. The first-order valence-corrected chi connectivity index (χ1v) is 17.0. The van der Waals surface area contributed by atoms with E-state index < -0.39 is 211 Å². The molecule has 0 saturated carbocycles. The van der Waals surface area contributed by atoms with Crippen molar-refractivity contribution in [2.24, 2.45) is 0 Å². The second-order valence-corrected chi connectivity index (χ2v) is 14.0. The Kier molecular flexibility index (Phi) is 7.17. The van der Waals surface area contributed by atoms with E-state index in [0.29, 0.717) is 4.57 Å². The van der Waals surface area contributed by atoms with Crippen molar-refractivity contribution in [3.63, 3.8) is 0 Å². The van der Waals surface area contributed by atoms with E-state index in [2.05, 4.69) is 0 Å². The van der Waals surface area contributed by atoms with Gasteiger partial charge in [0.2, 0.25) is 63.2 Å². The third-order valence-electron chi connectivity index (χ3n) is 11.0. The molecule has 21 N–H and O–H groups in total. The third-order valence-corrected chi connectivity index (χ3v) is 11.0. The largest absolute Gasteiger partial charge is 0.505 e. The summed E-state index contributed by atoms with van der Waals surface area (Å²) in [5.41, 5.74) is -8.76. The van der Waals surface area contributed by atoms with Crippen molar-refractivity contribution in [2.45, 2.75) is 0 Å². The van der Waals surface area contributed by atoms with E-state index in [1.807, 2.05) is 0 Å². The Morgan fingerprint density at radius 3 is 1.15 bits per heavy atom. The summed E-state index contributed by atoms with van der Waals surface area (Å²) in [4.78, 5) is 0. The highest BCUT2D eigenvalue weighted by molar-refractivity contribution is 6.99. The van der Waals surface area contributed by atoms with E-state index in [1.54, 1.807) is 0 Å². The zero-order chi connectivity index (χ0) is 45.4. The van der Waals surface area contributed by atoms with Crippen LogP contribution in [0.1, 0.15) is 0 Å². The van der Waals surface area contributed by atoms with Crippen molar-refractivity contribution in [1.29, 1.82) is 0 Å². The van der Waals surface area contributed by atoms with Gasteiger partial charge in [-0.2, -0.15) is 0 Å². The zero-order valence-corrected chi connectivity index (χ0v) is 30.2. The van der Waals surface area contributed by atoms with Crippen LogP contribution in [0, 0.1) is 0 Å². The van der Waals surface area contributed by atoms with Gasteiger partial charge in [-0.1, -0.05) is 0 Å². The Bertz CT molecular complexity index is 3160. The molecule has 62 heavy (non-hydrogen) atoms. The summed E-state index contributed by atoms with van der Waals surface area (Å²) in [6.07, 6.45) is 0. The molecule has 0 amide bonds. The van der Waals surface area contributed by atoms with Crippen molar-refractivity contribution in [2.75, 3.05) is 0 Å². The predicted octanol–water partition coefficient (Wildman–Crippen LogP) is -0.746. The van der Waals surface area contributed by atoms with Crippen molar-refractivity contribution in [3.8, 4) is 161 Å². The summed E-state index contributed by atoms with van der Waals surface area (Å²) < 4.78 is 11.7. The van der Waals surface area contributed by atoms with E-state index in [0.717, 1.165) is 7.85 Å². The van der Waals surface area contributed by atoms with Crippen LogP contribution in [0.5, 0.6) is 144 Å². The van der Waals surface area contributed by atoms with Crippen LogP contribution in [0.25, 0.3) is 38.6 Å². The first-order chi connectivity index (χ1) is 29.0. The van der Waals surface area contributed by atoms with Crippen LogP contribution >= 0.6 is 0 Å². The Labute approximate surface area is 339 Å². The average Bonchev–Trinajstić information content (AvgIpc) is 3.61. The fourth-order valence-electron chi connectivity index (χ4n) is 8.13. The number of benzene rings is 6. The van der Waals surface area contributed by atoms with E-state index in [4.69, 9.17) is 9.47 Å². The molecule has 0 radical (unpaired) electrons. The number of hydrogen-bond donors (Lipinski definition) is 21.